The highest BCUT2D eigenvalue weighted by Gasteiger charge is 2.37. The standard InChI is InChI=1S/C14H22N4O7/c15-6-10(19)17-8(3-4-11(20)21)14(25)18-5-1-2-9(18)13(24)16-7-12(22)23/h8-9H,1-7,15H2,(H,16,24)(H,17,19)(H,20,21)(H,22,23). The molecule has 1 saturated heterocycles. The monoisotopic (exact) mass is 358 g/mol. The van der Waals surface area contributed by atoms with Gasteiger partial charge in [0.25, 0.3) is 0 Å². The van der Waals surface area contributed by atoms with E-state index in [9.17, 15) is 24.0 Å². The van der Waals surface area contributed by atoms with Gasteiger partial charge in [0.2, 0.25) is 17.7 Å². The fourth-order valence-electron chi connectivity index (χ4n) is 2.56. The van der Waals surface area contributed by atoms with E-state index in [1.807, 2.05) is 0 Å². The van der Waals surface area contributed by atoms with Crippen molar-refractivity contribution in [1.29, 1.82) is 0 Å². The summed E-state index contributed by atoms with van der Waals surface area (Å²) < 4.78 is 0. The zero-order chi connectivity index (χ0) is 19.0. The van der Waals surface area contributed by atoms with Crippen LogP contribution in [0.5, 0.6) is 0 Å². The lowest BCUT2D eigenvalue weighted by molar-refractivity contribution is -0.143. The van der Waals surface area contributed by atoms with E-state index < -0.39 is 48.3 Å². The fraction of sp³-hybridized carbons (Fsp3) is 0.643. The molecule has 2 unspecified atom stereocenters. The van der Waals surface area contributed by atoms with Gasteiger partial charge in [0, 0.05) is 13.0 Å². The Morgan fingerprint density at radius 2 is 1.84 bits per heavy atom. The van der Waals surface area contributed by atoms with Gasteiger partial charge in [-0.1, -0.05) is 0 Å². The number of amides is 3. The molecular formula is C14H22N4O7. The largest absolute Gasteiger partial charge is 0.481 e. The quantitative estimate of drug-likeness (QED) is 0.300. The summed E-state index contributed by atoms with van der Waals surface area (Å²) in [5.41, 5.74) is 5.20. The number of carboxylic acids is 2. The molecule has 0 aromatic heterocycles. The molecule has 0 radical (unpaired) electrons. The smallest absolute Gasteiger partial charge is 0.322 e. The van der Waals surface area contributed by atoms with Gasteiger partial charge in [0.05, 0.1) is 6.54 Å². The summed E-state index contributed by atoms with van der Waals surface area (Å²) >= 11 is 0. The Kier molecular flexibility index (Phi) is 7.79. The Bertz CT molecular complexity index is 551. The van der Waals surface area contributed by atoms with Crippen molar-refractivity contribution in [3.63, 3.8) is 0 Å². The van der Waals surface area contributed by atoms with Crippen molar-refractivity contribution in [2.24, 2.45) is 5.73 Å². The Hall–Kier alpha value is -2.69. The summed E-state index contributed by atoms with van der Waals surface area (Å²) in [5, 5.41) is 22.0. The summed E-state index contributed by atoms with van der Waals surface area (Å²) in [6.07, 6.45) is 0.409. The van der Waals surface area contributed by atoms with Gasteiger partial charge in [-0.15, -0.1) is 0 Å². The highest BCUT2D eigenvalue weighted by molar-refractivity contribution is 5.93. The second-order valence-electron chi connectivity index (χ2n) is 5.56. The van der Waals surface area contributed by atoms with E-state index >= 15 is 0 Å². The maximum absolute atomic E-state index is 12.6. The average Bonchev–Trinajstić information content (AvgIpc) is 3.04. The Morgan fingerprint density at radius 3 is 2.40 bits per heavy atom. The highest BCUT2D eigenvalue weighted by atomic mass is 16.4. The van der Waals surface area contributed by atoms with Crippen molar-refractivity contribution in [3.8, 4) is 0 Å². The molecule has 0 aliphatic carbocycles. The van der Waals surface area contributed by atoms with Gasteiger partial charge in [-0.2, -0.15) is 0 Å². The van der Waals surface area contributed by atoms with Crippen molar-refractivity contribution in [2.75, 3.05) is 19.6 Å². The van der Waals surface area contributed by atoms with E-state index in [1.165, 1.54) is 4.90 Å². The minimum atomic E-state index is -1.21. The summed E-state index contributed by atoms with van der Waals surface area (Å²) in [7, 11) is 0. The molecule has 1 aliphatic heterocycles. The Labute approximate surface area is 143 Å². The third-order valence-electron chi connectivity index (χ3n) is 3.72. The number of carbonyl (C=O) groups excluding carboxylic acids is 3. The number of rotatable bonds is 9. The van der Waals surface area contributed by atoms with Crippen LogP contribution < -0.4 is 16.4 Å². The van der Waals surface area contributed by atoms with Gasteiger partial charge < -0.3 is 31.5 Å². The Morgan fingerprint density at radius 1 is 1.16 bits per heavy atom. The SMILES string of the molecule is NCC(=O)NC(CCC(=O)O)C(=O)N1CCCC1C(=O)NCC(=O)O. The third kappa shape index (κ3) is 6.37. The number of nitrogens with two attached hydrogens (primary N) is 1. The number of likely N-dealkylation sites (tertiary alicyclic amines) is 1. The van der Waals surface area contributed by atoms with Crippen LogP contribution in [0, 0.1) is 0 Å². The van der Waals surface area contributed by atoms with Crippen molar-refractivity contribution in [3.05, 3.63) is 0 Å². The van der Waals surface area contributed by atoms with Crippen LogP contribution in [0.1, 0.15) is 25.7 Å². The van der Waals surface area contributed by atoms with Crippen LogP contribution in [-0.4, -0.2) is 76.5 Å². The highest BCUT2D eigenvalue weighted by Crippen LogP contribution is 2.19. The average molecular weight is 358 g/mol. The Balaban J connectivity index is 2.81. The topological polar surface area (TPSA) is 179 Å². The molecule has 2 atom stereocenters. The predicted molar refractivity (Wildman–Crippen MR) is 83.2 cm³/mol. The molecule has 1 fully saturated rings. The molecule has 0 bridgehead atoms. The number of nitrogens with one attached hydrogen (secondary N) is 2. The van der Waals surface area contributed by atoms with Crippen molar-refractivity contribution in [1.82, 2.24) is 15.5 Å². The van der Waals surface area contributed by atoms with Crippen LogP contribution >= 0.6 is 0 Å². The van der Waals surface area contributed by atoms with Crippen molar-refractivity contribution >= 4 is 29.7 Å². The lowest BCUT2D eigenvalue weighted by Crippen LogP contribution is -2.54. The number of carbonyl (C=O) groups is 5. The first-order chi connectivity index (χ1) is 11.8. The number of aliphatic carboxylic acids is 2. The van der Waals surface area contributed by atoms with E-state index in [-0.39, 0.29) is 25.9 Å². The first-order valence-electron chi connectivity index (χ1n) is 7.77. The van der Waals surface area contributed by atoms with E-state index in [2.05, 4.69) is 10.6 Å². The van der Waals surface area contributed by atoms with Gasteiger partial charge in [0.15, 0.2) is 0 Å². The molecule has 25 heavy (non-hydrogen) atoms. The first kappa shape index (κ1) is 20.4. The zero-order valence-electron chi connectivity index (χ0n) is 13.6. The van der Waals surface area contributed by atoms with Gasteiger partial charge in [-0.3, -0.25) is 24.0 Å². The van der Waals surface area contributed by atoms with Crippen molar-refractivity contribution < 1.29 is 34.2 Å². The first-order valence-corrected chi connectivity index (χ1v) is 7.77. The minimum absolute atomic E-state index is 0.139. The molecule has 11 nitrogen and oxygen atoms in total. The van der Waals surface area contributed by atoms with Gasteiger partial charge in [0.1, 0.15) is 18.6 Å². The molecule has 0 spiro atoms. The van der Waals surface area contributed by atoms with E-state index in [0.29, 0.717) is 12.8 Å². The molecular weight excluding hydrogens is 336 g/mol. The zero-order valence-corrected chi connectivity index (χ0v) is 13.6. The molecule has 1 rings (SSSR count). The third-order valence-corrected chi connectivity index (χ3v) is 3.72. The van der Waals surface area contributed by atoms with E-state index in [4.69, 9.17) is 15.9 Å². The molecule has 6 N–H and O–H groups in total. The molecule has 0 aromatic carbocycles. The minimum Gasteiger partial charge on any atom is -0.481 e. The predicted octanol–water partition coefficient (Wildman–Crippen LogP) is -2.51. The normalized spacial score (nSPS) is 17.6. The molecule has 0 aromatic rings. The van der Waals surface area contributed by atoms with E-state index in [0.717, 1.165) is 0 Å². The summed E-state index contributed by atoms with van der Waals surface area (Å²) in [5.74, 6) is -4.14. The fourth-order valence-corrected chi connectivity index (χ4v) is 2.56. The summed E-state index contributed by atoms with van der Waals surface area (Å²) in [6.45, 7) is -0.671. The van der Waals surface area contributed by atoms with Gasteiger partial charge >= 0.3 is 11.9 Å². The molecule has 11 heteroatoms. The van der Waals surface area contributed by atoms with Crippen LogP contribution in [0.3, 0.4) is 0 Å². The van der Waals surface area contributed by atoms with Crippen LogP contribution in [0.4, 0.5) is 0 Å². The molecule has 1 heterocycles. The van der Waals surface area contributed by atoms with Crippen LogP contribution in [0.25, 0.3) is 0 Å². The van der Waals surface area contributed by atoms with Crippen LogP contribution in [0.15, 0.2) is 0 Å². The summed E-state index contributed by atoms with van der Waals surface area (Å²) in [6, 6.07) is -1.96. The summed E-state index contributed by atoms with van der Waals surface area (Å²) in [4.78, 5) is 58.7. The van der Waals surface area contributed by atoms with E-state index in [1.54, 1.807) is 0 Å². The number of hydrogen-bond acceptors (Lipinski definition) is 6. The number of nitrogens with zero attached hydrogens (tertiary/aromatic N) is 1. The maximum Gasteiger partial charge on any atom is 0.322 e. The van der Waals surface area contributed by atoms with Crippen LogP contribution in [-0.2, 0) is 24.0 Å². The second-order valence-corrected chi connectivity index (χ2v) is 5.56. The molecule has 0 saturated carbocycles. The second kappa shape index (κ2) is 9.57. The molecule has 140 valence electrons. The van der Waals surface area contributed by atoms with Gasteiger partial charge in [-0.05, 0) is 19.3 Å². The molecule has 3 amide bonds. The lowest BCUT2D eigenvalue weighted by Gasteiger charge is -2.28. The maximum atomic E-state index is 12.6. The van der Waals surface area contributed by atoms with Gasteiger partial charge in [-0.25, -0.2) is 0 Å². The van der Waals surface area contributed by atoms with Crippen LogP contribution in [0.2, 0.25) is 0 Å². The number of carboxylic acid groups (broad SMARTS) is 2. The lowest BCUT2D eigenvalue weighted by atomic mass is 10.1. The van der Waals surface area contributed by atoms with Crippen molar-refractivity contribution in [2.45, 2.75) is 37.8 Å². The number of hydrogen-bond donors (Lipinski definition) is 5. The molecule has 1 aliphatic rings.